The third-order valence-corrected chi connectivity index (χ3v) is 5.43. The zero-order valence-corrected chi connectivity index (χ0v) is 16.1. The van der Waals surface area contributed by atoms with Crippen LogP contribution in [0.4, 0.5) is 5.69 Å². The van der Waals surface area contributed by atoms with Gasteiger partial charge in [0.2, 0.25) is 0 Å². The summed E-state index contributed by atoms with van der Waals surface area (Å²) < 4.78 is 34.9. The van der Waals surface area contributed by atoms with Gasteiger partial charge in [-0.1, -0.05) is 36.8 Å². The number of methoxy groups -OCH3 is 1. The van der Waals surface area contributed by atoms with Gasteiger partial charge in [-0.15, -0.1) is 5.10 Å². The highest BCUT2D eigenvalue weighted by Crippen LogP contribution is 2.26. The second-order valence-corrected chi connectivity index (χ2v) is 7.74. The van der Waals surface area contributed by atoms with Crippen molar-refractivity contribution in [1.29, 1.82) is 0 Å². The number of anilines is 1. The number of aromatic nitrogens is 3. The van der Waals surface area contributed by atoms with Gasteiger partial charge >= 0.3 is 0 Å². The lowest BCUT2D eigenvalue weighted by atomic mass is 10.2. The van der Waals surface area contributed by atoms with E-state index in [1.807, 2.05) is 6.20 Å². The van der Waals surface area contributed by atoms with Crippen LogP contribution < -0.4 is 9.46 Å². The van der Waals surface area contributed by atoms with E-state index in [1.54, 1.807) is 47.1 Å². The maximum absolute atomic E-state index is 12.8. The molecule has 1 aromatic heterocycles. The second-order valence-electron chi connectivity index (χ2n) is 6.06. The molecule has 27 heavy (non-hydrogen) atoms. The molecule has 0 amide bonds. The zero-order chi connectivity index (χ0) is 19.3. The van der Waals surface area contributed by atoms with Crippen LogP contribution >= 0.6 is 0 Å². The minimum Gasteiger partial charge on any atom is -0.495 e. The molecule has 0 bridgehead atoms. The van der Waals surface area contributed by atoms with Crippen LogP contribution in [0.25, 0.3) is 5.69 Å². The van der Waals surface area contributed by atoms with Crippen LogP contribution in [0.5, 0.6) is 5.75 Å². The van der Waals surface area contributed by atoms with Crippen molar-refractivity contribution in [3.63, 3.8) is 0 Å². The lowest BCUT2D eigenvalue weighted by molar-refractivity contribution is 0.417. The number of sulfonamides is 1. The summed E-state index contributed by atoms with van der Waals surface area (Å²) in [5, 5.41) is 8.25. The van der Waals surface area contributed by atoms with Crippen LogP contribution in [0.2, 0.25) is 0 Å². The van der Waals surface area contributed by atoms with Crippen molar-refractivity contribution in [3.8, 4) is 11.4 Å². The van der Waals surface area contributed by atoms with Crippen LogP contribution in [-0.4, -0.2) is 30.5 Å². The summed E-state index contributed by atoms with van der Waals surface area (Å²) in [6.07, 6.45) is 4.80. The maximum Gasteiger partial charge on any atom is 0.262 e. The number of unbranched alkanes of at least 4 members (excludes halogenated alkanes) is 1. The standard InChI is InChI=1S/C19H22N4O3S/c1-3-4-8-15-14-23(22-20-15)16-9-7-10-17(13-16)27(24,25)21-18-11-5-6-12-19(18)26-2/h5-7,9-14,21H,3-4,8H2,1-2H3. The van der Waals surface area contributed by atoms with E-state index in [4.69, 9.17) is 4.74 Å². The highest BCUT2D eigenvalue weighted by molar-refractivity contribution is 7.92. The van der Waals surface area contributed by atoms with Gasteiger partial charge in [-0.25, -0.2) is 13.1 Å². The molecule has 3 aromatic rings. The molecular formula is C19H22N4O3S. The zero-order valence-electron chi connectivity index (χ0n) is 15.3. The van der Waals surface area contributed by atoms with E-state index in [1.165, 1.54) is 13.2 Å². The van der Waals surface area contributed by atoms with Gasteiger partial charge in [0.25, 0.3) is 10.0 Å². The van der Waals surface area contributed by atoms with Crippen molar-refractivity contribution < 1.29 is 13.2 Å². The average Bonchev–Trinajstić information content (AvgIpc) is 3.15. The fraction of sp³-hybridized carbons (Fsp3) is 0.263. The Morgan fingerprint density at radius 3 is 2.74 bits per heavy atom. The Morgan fingerprint density at radius 1 is 1.15 bits per heavy atom. The molecule has 1 heterocycles. The molecule has 0 saturated carbocycles. The smallest absolute Gasteiger partial charge is 0.262 e. The van der Waals surface area contributed by atoms with E-state index in [9.17, 15) is 8.42 Å². The number of hydrogen-bond donors (Lipinski definition) is 1. The average molecular weight is 386 g/mol. The first-order valence-corrected chi connectivity index (χ1v) is 10.2. The molecule has 0 aliphatic rings. The molecule has 142 valence electrons. The predicted molar refractivity (Wildman–Crippen MR) is 104 cm³/mol. The highest BCUT2D eigenvalue weighted by atomic mass is 32.2. The predicted octanol–water partition coefficient (Wildman–Crippen LogP) is 3.42. The van der Waals surface area contributed by atoms with Gasteiger partial charge in [0, 0.05) is 0 Å². The molecule has 0 atom stereocenters. The van der Waals surface area contributed by atoms with Crippen molar-refractivity contribution in [1.82, 2.24) is 15.0 Å². The van der Waals surface area contributed by atoms with Crippen LogP contribution in [0.1, 0.15) is 25.5 Å². The highest BCUT2D eigenvalue weighted by Gasteiger charge is 2.17. The molecule has 7 nitrogen and oxygen atoms in total. The Morgan fingerprint density at radius 2 is 1.96 bits per heavy atom. The van der Waals surface area contributed by atoms with E-state index in [0.717, 1.165) is 25.0 Å². The van der Waals surface area contributed by atoms with Gasteiger partial charge in [-0.2, -0.15) is 0 Å². The summed E-state index contributed by atoms with van der Waals surface area (Å²) in [4.78, 5) is 0.136. The van der Waals surface area contributed by atoms with E-state index in [0.29, 0.717) is 17.1 Å². The van der Waals surface area contributed by atoms with Crippen LogP contribution in [0.15, 0.2) is 59.6 Å². The third kappa shape index (κ3) is 4.46. The van der Waals surface area contributed by atoms with Gasteiger partial charge in [0.15, 0.2) is 0 Å². The number of nitrogens with zero attached hydrogens (tertiary/aromatic N) is 3. The third-order valence-electron chi connectivity index (χ3n) is 4.07. The summed E-state index contributed by atoms with van der Waals surface area (Å²) in [6.45, 7) is 2.12. The largest absolute Gasteiger partial charge is 0.495 e. The number of para-hydroxylation sites is 2. The first kappa shape index (κ1) is 18.9. The topological polar surface area (TPSA) is 86.1 Å². The molecule has 0 aliphatic heterocycles. The Balaban J connectivity index is 1.87. The van der Waals surface area contributed by atoms with Gasteiger partial charge < -0.3 is 4.74 Å². The Kier molecular flexibility index (Phi) is 5.75. The minimum atomic E-state index is -3.78. The SMILES string of the molecule is CCCCc1cn(-c2cccc(S(=O)(=O)Nc3ccccc3OC)c2)nn1. The summed E-state index contributed by atoms with van der Waals surface area (Å²) in [5.41, 5.74) is 1.90. The van der Waals surface area contributed by atoms with Crippen molar-refractivity contribution >= 4 is 15.7 Å². The van der Waals surface area contributed by atoms with Crippen molar-refractivity contribution in [2.24, 2.45) is 0 Å². The number of rotatable bonds is 8. The number of benzene rings is 2. The normalized spacial score (nSPS) is 11.3. The summed E-state index contributed by atoms with van der Waals surface area (Å²) >= 11 is 0. The van der Waals surface area contributed by atoms with E-state index < -0.39 is 10.0 Å². The molecule has 0 fully saturated rings. The number of ether oxygens (including phenoxy) is 1. The van der Waals surface area contributed by atoms with Gasteiger partial charge in [0.05, 0.1) is 35.3 Å². The first-order valence-electron chi connectivity index (χ1n) is 8.71. The van der Waals surface area contributed by atoms with Crippen LogP contribution in [0.3, 0.4) is 0 Å². The number of nitrogens with one attached hydrogen (secondary N) is 1. The quantitative estimate of drug-likeness (QED) is 0.641. The van der Waals surface area contributed by atoms with Crippen LogP contribution in [-0.2, 0) is 16.4 Å². The molecule has 3 rings (SSSR count). The molecule has 0 aliphatic carbocycles. The fourth-order valence-electron chi connectivity index (χ4n) is 2.62. The fourth-order valence-corrected chi connectivity index (χ4v) is 3.73. The van der Waals surface area contributed by atoms with Gasteiger partial charge in [-0.3, -0.25) is 4.72 Å². The van der Waals surface area contributed by atoms with Crippen molar-refractivity contribution in [2.75, 3.05) is 11.8 Å². The molecule has 0 spiro atoms. The molecule has 0 unspecified atom stereocenters. The molecule has 0 saturated heterocycles. The van der Waals surface area contributed by atoms with E-state index >= 15 is 0 Å². The summed E-state index contributed by atoms with van der Waals surface area (Å²) in [6, 6.07) is 13.4. The lowest BCUT2D eigenvalue weighted by Gasteiger charge is -2.12. The summed E-state index contributed by atoms with van der Waals surface area (Å²) in [5.74, 6) is 0.453. The Bertz CT molecular complexity index is 1020. The van der Waals surface area contributed by atoms with Crippen molar-refractivity contribution in [2.45, 2.75) is 31.1 Å². The Labute approximate surface area is 159 Å². The van der Waals surface area contributed by atoms with E-state index in [-0.39, 0.29) is 4.90 Å². The van der Waals surface area contributed by atoms with Crippen LogP contribution in [0, 0.1) is 0 Å². The lowest BCUT2D eigenvalue weighted by Crippen LogP contribution is -2.14. The molecule has 1 N–H and O–H groups in total. The van der Waals surface area contributed by atoms with Gasteiger partial charge in [0.1, 0.15) is 5.75 Å². The van der Waals surface area contributed by atoms with Crippen molar-refractivity contribution in [3.05, 3.63) is 60.4 Å². The summed E-state index contributed by atoms with van der Waals surface area (Å²) in [7, 11) is -2.28. The number of aryl methyl sites for hydroxylation is 1. The molecule has 2 aromatic carbocycles. The second kappa shape index (κ2) is 8.22. The minimum absolute atomic E-state index is 0.136. The van der Waals surface area contributed by atoms with Gasteiger partial charge in [-0.05, 0) is 43.2 Å². The first-order chi connectivity index (χ1) is 13.0. The molecule has 8 heteroatoms. The molecule has 0 radical (unpaired) electrons. The monoisotopic (exact) mass is 386 g/mol. The molecular weight excluding hydrogens is 364 g/mol. The maximum atomic E-state index is 12.8. The van der Waals surface area contributed by atoms with E-state index in [2.05, 4.69) is 22.0 Å². The Hall–Kier alpha value is -2.87. The number of hydrogen-bond acceptors (Lipinski definition) is 5.